The van der Waals surface area contributed by atoms with E-state index in [9.17, 15) is 0 Å². The third-order valence-electron chi connectivity index (χ3n) is 12.3. The number of hydrogen-bond donors (Lipinski definition) is 0. The lowest BCUT2D eigenvalue weighted by Crippen LogP contribution is -2.25. The monoisotopic (exact) mass is 710 g/mol. The zero-order valence-corrected chi connectivity index (χ0v) is 30.5. The van der Waals surface area contributed by atoms with Crippen LogP contribution in [0.1, 0.15) is 22.3 Å². The summed E-state index contributed by atoms with van der Waals surface area (Å²) in [5.74, 6) is 0. The Morgan fingerprint density at radius 3 is 1.52 bits per heavy atom. The predicted molar refractivity (Wildman–Crippen MR) is 231 cm³/mol. The average molecular weight is 711 g/mol. The molecule has 10 aromatic rings. The minimum atomic E-state index is -0.346. The van der Waals surface area contributed by atoms with E-state index in [4.69, 9.17) is 5.10 Å². The van der Waals surface area contributed by atoms with Crippen LogP contribution in [0.4, 0.5) is 0 Å². The van der Waals surface area contributed by atoms with Crippen molar-refractivity contribution in [3.05, 3.63) is 229 Å². The van der Waals surface area contributed by atoms with Gasteiger partial charge in [-0.1, -0.05) is 188 Å². The first kappa shape index (κ1) is 31.1. The van der Waals surface area contributed by atoms with E-state index in [0.29, 0.717) is 0 Å². The maximum Gasteiger partial charge on any atom is 0.0826 e. The van der Waals surface area contributed by atoms with E-state index in [2.05, 4.69) is 205 Å². The molecule has 0 saturated carbocycles. The van der Waals surface area contributed by atoms with E-state index >= 15 is 0 Å². The van der Waals surface area contributed by atoms with E-state index in [-0.39, 0.29) is 5.41 Å². The highest BCUT2D eigenvalue weighted by Crippen LogP contribution is 2.63. The minimum Gasteiger partial charge on any atom is -0.231 e. The Bertz CT molecular complexity index is 3140. The number of pyridine rings is 1. The van der Waals surface area contributed by atoms with Crippen LogP contribution in [0.3, 0.4) is 0 Å². The van der Waals surface area contributed by atoms with Crippen molar-refractivity contribution in [2.45, 2.75) is 5.41 Å². The summed E-state index contributed by atoms with van der Waals surface area (Å²) in [5, 5.41) is 7.52. The molecule has 0 bridgehead atoms. The maximum absolute atomic E-state index is 5.13. The van der Waals surface area contributed by atoms with Gasteiger partial charge < -0.3 is 0 Å². The molecule has 12 rings (SSSR count). The SMILES string of the molecule is c1ccc(-c2cnn3c(-c4ccccc4)c(-c4cccc(-c5ccc6c(c5)-c5ccccc5C65c6ccccc6-c6ccccc65)c4)c4ccccc4c23)cc1. The molecule has 2 aliphatic rings. The largest absolute Gasteiger partial charge is 0.231 e. The summed E-state index contributed by atoms with van der Waals surface area (Å²) in [6, 6.07) is 73.5. The van der Waals surface area contributed by atoms with Crippen LogP contribution in [0.5, 0.6) is 0 Å². The Hall–Kier alpha value is -7.29. The summed E-state index contributed by atoms with van der Waals surface area (Å²) in [6.45, 7) is 0. The van der Waals surface area contributed by atoms with Gasteiger partial charge in [0.05, 0.1) is 22.8 Å². The third-order valence-corrected chi connectivity index (χ3v) is 12.3. The summed E-state index contributed by atoms with van der Waals surface area (Å²) in [6.07, 6.45) is 2.03. The van der Waals surface area contributed by atoms with Crippen molar-refractivity contribution in [2.75, 3.05) is 0 Å². The zero-order valence-electron chi connectivity index (χ0n) is 30.5. The van der Waals surface area contributed by atoms with Crippen molar-refractivity contribution < 1.29 is 0 Å². The molecule has 260 valence electrons. The van der Waals surface area contributed by atoms with Crippen LogP contribution in [0.15, 0.2) is 206 Å². The van der Waals surface area contributed by atoms with E-state index < -0.39 is 0 Å². The van der Waals surface area contributed by atoms with Gasteiger partial charge in [-0.3, -0.25) is 0 Å². The first-order chi connectivity index (χ1) is 27.8. The van der Waals surface area contributed by atoms with E-state index in [1.807, 2.05) is 6.20 Å². The Kier molecular flexibility index (Phi) is 6.58. The van der Waals surface area contributed by atoms with E-state index in [0.717, 1.165) is 33.5 Å². The lowest BCUT2D eigenvalue weighted by molar-refractivity contribution is 0.794. The summed E-state index contributed by atoms with van der Waals surface area (Å²) in [5.41, 5.74) is 20.7. The second kappa shape index (κ2) is 11.9. The van der Waals surface area contributed by atoms with Gasteiger partial charge in [0, 0.05) is 22.1 Å². The quantitative estimate of drug-likeness (QED) is 0.178. The Balaban J connectivity index is 1.08. The Labute approximate surface area is 325 Å². The molecule has 0 unspecified atom stereocenters. The summed E-state index contributed by atoms with van der Waals surface area (Å²) < 4.78 is 2.17. The van der Waals surface area contributed by atoms with Crippen molar-refractivity contribution in [1.82, 2.24) is 9.61 Å². The van der Waals surface area contributed by atoms with Gasteiger partial charge in [-0.2, -0.15) is 5.10 Å². The van der Waals surface area contributed by atoms with Crippen LogP contribution in [-0.2, 0) is 5.41 Å². The fourth-order valence-corrected chi connectivity index (χ4v) is 10.0. The highest BCUT2D eigenvalue weighted by Gasteiger charge is 2.51. The van der Waals surface area contributed by atoms with Crippen molar-refractivity contribution in [1.29, 1.82) is 0 Å². The van der Waals surface area contributed by atoms with Crippen molar-refractivity contribution in [3.8, 4) is 66.9 Å². The Morgan fingerprint density at radius 2 is 0.839 bits per heavy atom. The lowest BCUT2D eigenvalue weighted by atomic mass is 9.70. The van der Waals surface area contributed by atoms with Gasteiger partial charge in [-0.15, -0.1) is 0 Å². The van der Waals surface area contributed by atoms with Gasteiger partial charge >= 0.3 is 0 Å². The van der Waals surface area contributed by atoms with Crippen LogP contribution in [0.25, 0.3) is 83.2 Å². The number of hydrogen-bond acceptors (Lipinski definition) is 1. The number of fused-ring (bicyclic) bond motifs is 13. The highest BCUT2D eigenvalue weighted by molar-refractivity contribution is 6.13. The molecule has 2 heteroatoms. The van der Waals surface area contributed by atoms with Gasteiger partial charge in [-0.25, -0.2) is 4.52 Å². The molecule has 2 aliphatic carbocycles. The molecule has 0 saturated heterocycles. The van der Waals surface area contributed by atoms with Crippen molar-refractivity contribution in [3.63, 3.8) is 0 Å². The number of aromatic nitrogens is 2. The molecule has 2 heterocycles. The number of benzene rings is 8. The fraction of sp³-hybridized carbons (Fsp3) is 0.0185. The molecule has 0 atom stereocenters. The first-order valence-corrected chi connectivity index (χ1v) is 19.4. The maximum atomic E-state index is 5.13. The molecule has 1 spiro atoms. The van der Waals surface area contributed by atoms with Gasteiger partial charge in [0.1, 0.15) is 0 Å². The molecular weight excluding hydrogens is 677 g/mol. The van der Waals surface area contributed by atoms with Crippen molar-refractivity contribution in [2.24, 2.45) is 0 Å². The normalized spacial score (nSPS) is 13.1. The average Bonchev–Trinajstić information content (AvgIpc) is 3.94. The van der Waals surface area contributed by atoms with Crippen LogP contribution < -0.4 is 0 Å². The zero-order chi connectivity index (χ0) is 36.8. The van der Waals surface area contributed by atoms with E-state index in [1.54, 1.807) is 0 Å². The van der Waals surface area contributed by atoms with Crippen LogP contribution in [0, 0.1) is 0 Å². The molecule has 0 radical (unpaired) electrons. The van der Waals surface area contributed by atoms with Gasteiger partial charge in [-0.05, 0) is 84.3 Å². The second-order valence-corrected chi connectivity index (χ2v) is 15.0. The van der Waals surface area contributed by atoms with Gasteiger partial charge in [0.15, 0.2) is 0 Å². The summed E-state index contributed by atoms with van der Waals surface area (Å²) >= 11 is 0. The topological polar surface area (TPSA) is 17.3 Å². The first-order valence-electron chi connectivity index (χ1n) is 19.4. The highest BCUT2D eigenvalue weighted by atomic mass is 15.2. The standard InChI is InChI=1S/C54H34N2/c1-3-16-35(17-4-1)46-34-55-56-52(36-18-5-2-6-19-36)51(43-25-7-8-26-44(43)53(46)56)39-21-15-20-37(32-39)38-30-31-50-45(33-38)42-24-11-14-29-49(42)54(50)47-27-12-9-22-40(47)41-23-10-13-28-48(41)54/h1-34H. The van der Waals surface area contributed by atoms with Crippen LogP contribution in [-0.4, -0.2) is 9.61 Å². The molecule has 0 aliphatic heterocycles. The van der Waals surface area contributed by atoms with E-state index in [1.165, 1.54) is 72.0 Å². The smallest absolute Gasteiger partial charge is 0.0826 e. The molecular formula is C54H34N2. The summed E-state index contributed by atoms with van der Waals surface area (Å²) in [4.78, 5) is 0. The summed E-state index contributed by atoms with van der Waals surface area (Å²) in [7, 11) is 0. The molecule has 2 nitrogen and oxygen atoms in total. The molecule has 8 aromatic carbocycles. The molecule has 0 fully saturated rings. The van der Waals surface area contributed by atoms with Crippen LogP contribution >= 0.6 is 0 Å². The molecule has 0 amide bonds. The predicted octanol–water partition coefficient (Wildman–Crippen LogP) is 13.5. The lowest BCUT2D eigenvalue weighted by Gasteiger charge is -2.30. The molecule has 2 aromatic heterocycles. The molecule has 56 heavy (non-hydrogen) atoms. The minimum absolute atomic E-state index is 0.346. The van der Waals surface area contributed by atoms with Crippen molar-refractivity contribution >= 4 is 16.3 Å². The van der Waals surface area contributed by atoms with Gasteiger partial charge in [0.2, 0.25) is 0 Å². The fourth-order valence-electron chi connectivity index (χ4n) is 10.0. The third kappa shape index (κ3) is 4.19. The molecule has 0 N–H and O–H groups in total. The van der Waals surface area contributed by atoms with Crippen LogP contribution in [0.2, 0.25) is 0 Å². The number of nitrogens with zero attached hydrogens (tertiary/aromatic N) is 2. The number of rotatable bonds is 4. The Morgan fingerprint density at radius 1 is 0.339 bits per heavy atom. The second-order valence-electron chi connectivity index (χ2n) is 15.0. The van der Waals surface area contributed by atoms with Gasteiger partial charge in [0.25, 0.3) is 0 Å².